The molecule has 0 atom stereocenters. The minimum atomic E-state index is 0.0775. The number of nitrogens with one attached hydrogen (secondary N) is 1. The summed E-state index contributed by atoms with van der Waals surface area (Å²) in [5.74, 6) is 0. The predicted molar refractivity (Wildman–Crippen MR) is 94.5 cm³/mol. The van der Waals surface area contributed by atoms with Crippen molar-refractivity contribution in [2.75, 3.05) is 6.54 Å². The second kappa shape index (κ2) is 7.04. The minimum absolute atomic E-state index is 0.0775. The lowest BCUT2D eigenvalue weighted by atomic mass is 9.68. The molecule has 124 valence electrons. The van der Waals surface area contributed by atoms with E-state index in [4.69, 9.17) is 17.3 Å². The van der Waals surface area contributed by atoms with E-state index in [1.54, 1.807) is 0 Å². The van der Waals surface area contributed by atoms with Crippen LogP contribution in [-0.2, 0) is 19.0 Å². The lowest BCUT2D eigenvalue weighted by Gasteiger charge is -2.40. The Balaban J connectivity index is 1.59. The van der Waals surface area contributed by atoms with E-state index in [0.717, 1.165) is 42.9 Å². The average Bonchev–Trinajstić information content (AvgIpc) is 2.99. The molecule has 4 nitrogen and oxygen atoms in total. The van der Waals surface area contributed by atoms with Gasteiger partial charge >= 0.3 is 0 Å². The molecule has 3 rings (SSSR count). The molecule has 0 radical (unpaired) electrons. The highest BCUT2D eigenvalue weighted by Gasteiger charge is 2.35. The highest BCUT2D eigenvalue weighted by atomic mass is 35.5. The van der Waals surface area contributed by atoms with Crippen LogP contribution < -0.4 is 11.1 Å². The molecule has 0 aliphatic heterocycles. The van der Waals surface area contributed by atoms with Gasteiger partial charge in [-0.1, -0.05) is 23.7 Å². The van der Waals surface area contributed by atoms with Crippen LogP contribution in [0.25, 0.3) is 0 Å². The SMILES string of the molecule is Cn1cnc(CNC2CCC(CN)(c3cccc(Cl)c3)CC2)c1. The fraction of sp³-hybridized carbons (Fsp3) is 0.500. The summed E-state index contributed by atoms with van der Waals surface area (Å²) < 4.78 is 1.98. The van der Waals surface area contributed by atoms with Crippen LogP contribution in [0.4, 0.5) is 0 Å². The van der Waals surface area contributed by atoms with Crippen LogP contribution in [0.15, 0.2) is 36.8 Å². The molecule has 0 saturated heterocycles. The molecular formula is C18H25ClN4. The van der Waals surface area contributed by atoms with Gasteiger partial charge in [-0.3, -0.25) is 0 Å². The molecule has 1 aliphatic rings. The zero-order valence-electron chi connectivity index (χ0n) is 13.6. The first-order chi connectivity index (χ1) is 11.1. The van der Waals surface area contributed by atoms with Crippen molar-refractivity contribution < 1.29 is 0 Å². The van der Waals surface area contributed by atoms with Crippen molar-refractivity contribution >= 4 is 11.6 Å². The van der Waals surface area contributed by atoms with Crippen molar-refractivity contribution in [3.63, 3.8) is 0 Å². The third kappa shape index (κ3) is 3.77. The maximum atomic E-state index is 6.17. The summed E-state index contributed by atoms with van der Waals surface area (Å²) >= 11 is 6.17. The van der Waals surface area contributed by atoms with Gasteiger partial charge in [0.15, 0.2) is 0 Å². The quantitative estimate of drug-likeness (QED) is 0.885. The molecule has 0 spiro atoms. The summed E-state index contributed by atoms with van der Waals surface area (Å²) in [4.78, 5) is 4.37. The first kappa shape index (κ1) is 16.5. The molecule has 1 aliphatic carbocycles. The van der Waals surface area contributed by atoms with E-state index in [9.17, 15) is 0 Å². The summed E-state index contributed by atoms with van der Waals surface area (Å²) in [5, 5.41) is 4.43. The van der Waals surface area contributed by atoms with Crippen molar-refractivity contribution in [2.24, 2.45) is 12.8 Å². The van der Waals surface area contributed by atoms with Gasteiger partial charge in [-0.15, -0.1) is 0 Å². The van der Waals surface area contributed by atoms with Gasteiger partial charge in [-0.05, 0) is 43.4 Å². The topological polar surface area (TPSA) is 55.9 Å². The number of hydrogen-bond acceptors (Lipinski definition) is 3. The molecule has 3 N–H and O–H groups in total. The van der Waals surface area contributed by atoms with Gasteiger partial charge in [0.25, 0.3) is 0 Å². The molecule has 0 unspecified atom stereocenters. The fourth-order valence-corrected chi connectivity index (χ4v) is 3.80. The number of aromatic nitrogens is 2. The number of halogens is 1. The molecule has 0 amide bonds. The molecule has 2 aromatic rings. The van der Waals surface area contributed by atoms with Crippen molar-refractivity contribution in [1.29, 1.82) is 0 Å². The van der Waals surface area contributed by atoms with E-state index in [-0.39, 0.29) is 5.41 Å². The Bertz CT molecular complexity index is 644. The highest BCUT2D eigenvalue weighted by Crippen LogP contribution is 2.39. The van der Waals surface area contributed by atoms with Crippen LogP contribution in [0.3, 0.4) is 0 Å². The first-order valence-electron chi connectivity index (χ1n) is 8.28. The summed E-state index contributed by atoms with van der Waals surface area (Å²) in [6, 6.07) is 8.74. The maximum absolute atomic E-state index is 6.17. The van der Waals surface area contributed by atoms with Crippen LogP contribution in [0.1, 0.15) is 36.9 Å². The van der Waals surface area contributed by atoms with Crippen molar-refractivity contribution in [2.45, 2.75) is 43.7 Å². The molecule has 1 heterocycles. The monoisotopic (exact) mass is 332 g/mol. The van der Waals surface area contributed by atoms with Crippen molar-refractivity contribution in [3.8, 4) is 0 Å². The standard InChI is InChI=1S/C18H25ClN4/c1-23-11-17(22-13-23)10-21-16-5-7-18(12-20,8-6-16)14-3-2-4-15(19)9-14/h2-4,9,11,13,16,21H,5-8,10,12,20H2,1H3. The van der Waals surface area contributed by atoms with E-state index in [1.807, 2.05) is 30.1 Å². The maximum Gasteiger partial charge on any atom is 0.0947 e. The number of rotatable bonds is 5. The lowest BCUT2D eigenvalue weighted by Crippen LogP contribution is -2.43. The van der Waals surface area contributed by atoms with E-state index < -0.39 is 0 Å². The Labute approximate surface area is 143 Å². The Morgan fingerprint density at radius 3 is 2.78 bits per heavy atom. The summed E-state index contributed by atoms with van der Waals surface area (Å²) in [5.41, 5.74) is 8.62. The van der Waals surface area contributed by atoms with E-state index in [2.05, 4.69) is 28.6 Å². The minimum Gasteiger partial charge on any atom is -0.340 e. The zero-order chi connectivity index (χ0) is 16.3. The third-order valence-electron chi connectivity index (χ3n) is 5.10. The largest absolute Gasteiger partial charge is 0.340 e. The Morgan fingerprint density at radius 1 is 1.39 bits per heavy atom. The van der Waals surface area contributed by atoms with E-state index >= 15 is 0 Å². The Hall–Kier alpha value is -1.36. The van der Waals surface area contributed by atoms with Crippen LogP contribution in [0.5, 0.6) is 0 Å². The summed E-state index contributed by atoms with van der Waals surface area (Å²) in [6.07, 6.45) is 8.38. The molecule has 1 fully saturated rings. The lowest BCUT2D eigenvalue weighted by molar-refractivity contribution is 0.250. The predicted octanol–water partition coefficient (Wildman–Crippen LogP) is 3.00. The molecule has 1 saturated carbocycles. The van der Waals surface area contributed by atoms with Crippen LogP contribution in [-0.4, -0.2) is 22.1 Å². The third-order valence-corrected chi connectivity index (χ3v) is 5.34. The van der Waals surface area contributed by atoms with Crippen molar-refractivity contribution in [3.05, 3.63) is 53.1 Å². The van der Waals surface area contributed by atoms with Crippen LogP contribution in [0.2, 0.25) is 5.02 Å². The van der Waals surface area contributed by atoms with Gasteiger partial charge < -0.3 is 15.6 Å². The van der Waals surface area contributed by atoms with Gasteiger partial charge in [0.1, 0.15) is 0 Å². The zero-order valence-corrected chi connectivity index (χ0v) is 14.4. The van der Waals surface area contributed by atoms with E-state index in [1.165, 1.54) is 5.56 Å². The number of nitrogens with zero attached hydrogens (tertiary/aromatic N) is 2. The van der Waals surface area contributed by atoms with Crippen LogP contribution in [0, 0.1) is 0 Å². The highest BCUT2D eigenvalue weighted by molar-refractivity contribution is 6.30. The first-order valence-corrected chi connectivity index (χ1v) is 8.65. The number of aryl methyl sites for hydroxylation is 1. The molecule has 5 heteroatoms. The molecule has 23 heavy (non-hydrogen) atoms. The molecular weight excluding hydrogens is 308 g/mol. The van der Waals surface area contributed by atoms with Gasteiger partial charge in [-0.25, -0.2) is 4.98 Å². The van der Waals surface area contributed by atoms with Gasteiger partial charge in [0.2, 0.25) is 0 Å². The van der Waals surface area contributed by atoms with Gasteiger partial charge in [-0.2, -0.15) is 0 Å². The molecule has 1 aromatic carbocycles. The smallest absolute Gasteiger partial charge is 0.0947 e. The number of benzene rings is 1. The van der Waals surface area contributed by atoms with Gasteiger partial charge in [0.05, 0.1) is 12.0 Å². The molecule has 0 bridgehead atoms. The molecule has 1 aromatic heterocycles. The summed E-state index contributed by atoms with van der Waals surface area (Å²) in [7, 11) is 2.00. The normalized spacial score (nSPS) is 24.7. The van der Waals surface area contributed by atoms with Gasteiger partial charge in [0, 0.05) is 42.8 Å². The second-order valence-electron chi connectivity index (χ2n) is 6.68. The number of nitrogens with two attached hydrogens (primary N) is 1. The number of imidazole rings is 1. The van der Waals surface area contributed by atoms with E-state index in [0.29, 0.717) is 12.6 Å². The van der Waals surface area contributed by atoms with Crippen molar-refractivity contribution in [1.82, 2.24) is 14.9 Å². The fourth-order valence-electron chi connectivity index (χ4n) is 3.61. The second-order valence-corrected chi connectivity index (χ2v) is 7.12. The van der Waals surface area contributed by atoms with Crippen LogP contribution >= 0.6 is 11.6 Å². The Morgan fingerprint density at radius 2 is 2.17 bits per heavy atom. The Kier molecular flexibility index (Phi) is 5.05. The average molecular weight is 333 g/mol. The number of hydrogen-bond donors (Lipinski definition) is 2. The summed E-state index contributed by atoms with van der Waals surface area (Å²) in [6.45, 7) is 1.51.